The van der Waals surface area contributed by atoms with Crippen LogP contribution < -0.4 is 10.6 Å². The zero-order valence-electron chi connectivity index (χ0n) is 63.3. The minimum absolute atomic E-state index is 0.191. The molecule has 5 fully saturated rings. The van der Waals surface area contributed by atoms with Crippen molar-refractivity contribution in [2.24, 2.45) is 0 Å². The van der Waals surface area contributed by atoms with E-state index in [2.05, 4.69) is 24.5 Å². The summed E-state index contributed by atoms with van der Waals surface area (Å²) in [6.45, 7) is 2.59. The average molecular weight is 1510 g/mol. The Labute approximate surface area is 623 Å². The molecular formula is C76H140N2O27. The Kier molecular flexibility index (Phi) is 46.9. The molecule has 0 radical (unpaired) electrons. The van der Waals surface area contributed by atoms with Gasteiger partial charge in [-0.25, -0.2) is 0 Å². The first kappa shape index (κ1) is 93.3. The molecule has 0 spiro atoms. The van der Waals surface area contributed by atoms with Gasteiger partial charge in [-0.2, -0.15) is 0 Å². The molecule has 17 N–H and O–H groups in total. The number of allylic oxidation sites excluding steroid dienone is 1. The zero-order chi connectivity index (χ0) is 76.6. The summed E-state index contributed by atoms with van der Waals surface area (Å²) in [5.74, 6) is -1.17. The van der Waals surface area contributed by atoms with E-state index in [9.17, 15) is 86.2 Å². The van der Waals surface area contributed by atoms with Crippen LogP contribution in [0, 0.1) is 0 Å². The summed E-state index contributed by atoms with van der Waals surface area (Å²) in [6, 6.07) is -2.84. The highest BCUT2D eigenvalue weighted by Gasteiger charge is 2.58. The highest BCUT2D eigenvalue weighted by molar-refractivity contribution is 5.76. The summed E-state index contributed by atoms with van der Waals surface area (Å²) in [7, 11) is 0. The second-order valence-electron chi connectivity index (χ2n) is 29.9. The maximum atomic E-state index is 13.6. The number of carbonyl (C=O) groups is 2. The molecule has 10 unspecified atom stereocenters. The fourth-order valence-corrected chi connectivity index (χ4v) is 14.6. The molecule has 0 aromatic carbocycles. The van der Waals surface area contributed by atoms with Crippen LogP contribution in [0.25, 0.3) is 0 Å². The molecule has 616 valence electrons. The average Bonchev–Trinajstić information content (AvgIpc) is 0.787. The predicted molar refractivity (Wildman–Crippen MR) is 385 cm³/mol. The van der Waals surface area contributed by atoms with E-state index in [-0.39, 0.29) is 12.3 Å². The summed E-state index contributed by atoms with van der Waals surface area (Å²) in [4.78, 5) is 26.7. The Morgan fingerprint density at radius 2 is 0.762 bits per heavy atom. The van der Waals surface area contributed by atoms with Gasteiger partial charge in [0, 0.05) is 13.3 Å². The number of ether oxygens (including phenoxy) is 10. The lowest BCUT2D eigenvalue weighted by Gasteiger charge is -2.51. The van der Waals surface area contributed by atoms with Gasteiger partial charge in [-0.15, -0.1) is 0 Å². The van der Waals surface area contributed by atoms with Crippen molar-refractivity contribution in [1.82, 2.24) is 10.6 Å². The number of aliphatic hydroxyl groups is 15. The van der Waals surface area contributed by atoms with Crippen LogP contribution in [0.1, 0.15) is 259 Å². The van der Waals surface area contributed by atoms with Crippen molar-refractivity contribution >= 4 is 11.8 Å². The van der Waals surface area contributed by atoms with Gasteiger partial charge in [0.1, 0.15) is 116 Å². The largest absolute Gasteiger partial charge is 0.394 e. The fraction of sp³-hybridized carbons (Fsp3) is 0.947. The van der Waals surface area contributed by atoms with Crippen molar-refractivity contribution in [2.75, 3.05) is 33.0 Å². The van der Waals surface area contributed by atoms with Gasteiger partial charge in [0.2, 0.25) is 11.8 Å². The van der Waals surface area contributed by atoms with Crippen LogP contribution >= 0.6 is 0 Å². The number of carbonyl (C=O) groups excluding carboxylic acids is 2. The SMILES string of the molecule is CCCCCCCCCCCCC/C=C/[C@@H](O)[C@H](CO[C@@H]1OC(CO)[C@@H](O[C@@H]2OC(CO)[C@H](O)[C@H](O[C@@H]3OC(CO)[C@@H](O[C@H]4OC(C)[C@@H](O)C(O)[C@@H]4O)[C@H](O[C@@H]4OC(CO)[C@H](O)[C@H](O)C4O)C3NC(C)=O)C2O)[C@H](O)C1O)NC(=O)CCCCCCCCCCCCCCCCCCCCCCCCC. The quantitative estimate of drug-likeness (QED) is 0.0304. The molecule has 27 atom stereocenters. The summed E-state index contributed by atoms with van der Waals surface area (Å²) >= 11 is 0. The molecule has 0 aromatic heterocycles. The van der Waals surface area contributed by atoms with Crippen LogP contribution in [0.15, 0.2) is 12.2 Å². The molecule has 5 aliphatic heterocycles. The second-order valence-corrected chi connectivity index (χ2v) is 29.9. The van der Waals surface area contributed by atoms with Crippen molar-refractivity contribution in [2.45, 2.75) is 424 Å². The highest BCUT2D eigenvalue weighted by atomic mass is 16.8. The molecule has 0 saturated carbocycles. The molecule has 5 saturated heterocycles. The third-order valence-electron chi connectivity index (χ3n) is 21.2. The van der Waals surface area contributed by atoms with Gasteiger partial charge in [0.05, 0.1) is 51.3 Å². The van der Waals surface area contributed by atoms with Crippen molar-refractivity contribution in [3.63, 3.8) is 0 Å². The molecule has 5 rings (SSSR count). The lowest BCUT2D eigenvalue weighted by molar-refractivity contribution is -0.391. The van der Waals surface area contributed by atoms with E-state index in [0.717, 1.165) is 58.3 Å². The van der Waals surface area contributed by atoms with Crippen LogP contribution in [-0.2, 0) is 57.0 Å². The Morgan fingerprint density at radius 1 is 0.390 bits per heavy atom. The van der Waals surface area contributed by atoms with E-state index in [0.29, 0.717) is 12.8 Å². The fourth-order valence-electron chi connectivity index (χ4n) is 14.6. The molecule has 105 heavy (non-hydrogen) atoms. The van der Waals surface area contributed by atoms with E-state index >= 15 is 0 Å². The Balaban J connectivity index is 1.19. The van der Waals surface area contributed by atoms with Crippen LogP contribution in [0.2, 0.25) is 0 Å². The molecule has 0 aromatic rings. The van der Waals surface area contributed by atoms with Gasteiger partial charge in [-0.3, -0.25) is 9.59 Å². The lowest BCUT2D eigenvalue weighted by atomic mass is 9.93. The number of nitrogens with one attached hydrogen (secondary N) is 2. The van der Waals surface area contributed by atoms with E-state index in [1.54, 1.807) is 6.08 Å². The molecule has 0 bridgehead atoms. The molecule has 29 nitrogen and oxygen atoms in total. The number of rotatable bonds is 55. The topological polar surface area (TPSA) is 454 Å². The van der Waals surface area contributed by atoms with Gasteiger partial charge in [0.25, 0.3) is 0 Å². The van der Waals surface area contributed by atoms with Crippen LogP contribution in [0.3, 0.4) is 0 Å². The van der Waals surface area contributed by atoms with Crippen LogP contribution in [0.5, 0.6) is 0 Å². The number of amides is 2. The minimum atomic E-state index is -2.19. The van der Waals surface area contributed by atoms with Gasteiger partial charge < -0.3 is 135 Å². The lowest BCUT2D eigenvalue weighted by Crippen LogP contribution is -2.71. The normalized spacial score (nSPS) is 34.5. The van der Waals surface area contributed by atoms with Gasteiger partial charge >= 0.3 is 0 Å². The van der Waals surface area contributed by atoms with E-state index in [1.165, 1.54) is 167 Å². The number of aliphatic hydroxyl groups excluding tert-OH is 15. The highest BCUT2D eigenvalue weighted by Crippen LogP contribution is 2.38. The monoisotopic (exact) mass is 1510 g/mol. The second kappa shape index (κ2) is 52.8. The summed E-state index contributed by atoms with van der Waals surface area (Å²) in [5.41, 5.74) is 0. The molecule has 2 amide bonds. The summed E-state index contributed by atoms with van der Waals surface area (Å²) < 4.78 is 59.9. The smallest absolute Gasteiger partial charge is 0.220 e. The molecular weight excluding hydrogens is 1370 g/mol. The Bertz CT molecular complexity index is 2270. The minimum Gasteiger partial charge on any atom is -0.394 e. The first-order valence-corrected chi connectivity index (χ1v) is 40.3. The van der Waals surface area contributed by atoms with Crippen molar-refractivity contribution in [1.29, 1.82) is 0 Å². The molecule has 5 aliphatic rings. The maximum Gasteiger partial charge on any atom is 0.220 e. The first-order valence-electron chi connectivity index (χ1n) is 40.3. The van der Waals surface area contributed by atoms with Crippen molar-refractivity contribution < 1.29 is 134 Å². The first-order chi connectivity index (χ1) is 50.7. The van der Waals surface area contributed by atoms with Crippen molar-refractivity contribution in [3.05, 3.63) is 12.2 Å². The molecule has 5 heterocycles. The van der Waals surface area contributed by atoms with Gasteiger partial charge in [-0.1, -0.05) is 231 Å². The summed E-state index contributed by atoms with van der Waals surface area (Å²) in [5, 5.41) is 171. The predicted octanol–water partition coefficient (Wildman–Crippen LogP) is 3.76. The number of unbranched alkanes of at least 4 members (excludes halogenated alkanes) is 33. The standard InChI is InChI=1S/C76H140N2O27/c1-5-7-9-11-13-15-17-19-20-21-22-23-24-25-26-27-28-30-32-34-36-38-40-42-56(85)78-50(51(84)41-39-37-35-33-31-29-18-16-14-12-10-8-6-2)47-96-73-66(94)63(91)68(54(45-81)101-73)102-76-67(95)71(60(88)53(44-80)99-76)105-72-57(77-49(4)83)70(104-75-65(93)62(90)59(87)52(43-79)98-75)69(55(46-82)100-72)103-74-64(92)61(89)58(86)48(3)97-74/h39,41,48,50-55,57-76,79-82,84,86-95H,5-38,40,42-47H2,1-4H3,(H,77,83)(H,78,85)/b41-39+/t48?,50-,51+,52?,53?,54?,55?,57?,58+,59-,60-,61?,62-,63+,64-,65?,66?,67?,68+,69+,70+,71-,72-,73+,74+,75-,76-/m0/s1. The maximum absolute atomic E-state index is 13.6. The molecule has 0 aliphatic carbocycles. The van der Waals surface area contributed by atoms with Crippen LogP contribution in [0.4, 0.5) is 0 Å². The van der Waals surface area contributed by atoms with E-state index in [1.807, 2.05) is 6.08 Å². The molecule has 29 heteroatoms. The van der Waals surface area contributed by atoms with Gasteiger partial charge in [-0.05, 0) is 26.2 Å². The zero-order valence-corrected chi connectivity index (χ0v) is 63.3. The van der Waals surface area contributed by atoms with E-state index in [4.69, 9.17) is 47.4 Å². The van der Waals surface area contributed by atoms with Crippen molar-refractivity contribution in [3.8, 4) is 0 Å². The van der Waals surface area contributed by atoms with Gasteiger partial charge in [0.15, 0.2) is 31.5 Å². The Hall–Kier alpha value is -2.32. The summed E-state index contributed by atoms with van der Waals surface area (Å²) in [6.07, 6.45) is 0.489. The van der Waals surface area contributed by atoms with E-state index < -0.39 is 205 Å². The number of hydrogen-bond acceptors (Lipinski definition) is 27. The Morgan fingerprint density at radius 3 is 1.24 bits per heavy atom. The third kappa shape index (κ3) is 31.6. The van der Waals surface area contributed by atoms with Crippen LogP contribution in [-0.4, -0.2) is 287 Å². The third-order valence-corrected chi connectivity index (χ3v) is 21.2. The number of hydrogen-bond donors (Lipinski definition) is 17.